The van der Waals surface area contributed by atoms with Crippen molar-refractivity contribution in [3.8, 4) is 0 Å². The number of carbonyl (C=O) groups excluding carboxylic acids is 1. The molecule has 0 spiro atoms. The summed E-state index contributed by atoms with van der Waals surface area (Å²) in [7, 11) is 0. The van der Waals surface area contributed by atoms with E-state index in [0.29, 0.717) is 18.4 Å². The van der Waals surface area contributed by atoms with Gasteiger partial charge in [-0.3, -0.25) is 9.69 Å². The molecule has 3 rings (SSSR count). The zero-order valence-electron chi connectivity index (χ0n) is 13.9. The number of piperidine rings is 1. The fraction of sp³-hybridized carbons (Fsp3) is 0.722. The normalized spacial score (nSPS) is 26.5. The summed E-state index contributed by atoms with van der Waals surface area (Å²) in [5, 5.41) is 5.36. The molecule has 4 nitrogen and oxygen atoms in total. The highest BCUT2D eigenvalue weighted by Crippen LogP contribution is 2.31. The van der Waals surface area contributed by atoms with Crippen molar-refractivity contribution < 1.29 is 4.79 Å². The van der Waals surface area contributed by atoms with Gasteiger partial charge in [0.05, 0.1) is 0 Å². The maximum absolute atomic E-state index is 12.4. The van der Waals surface area contributed by atoms with Crippen molar-refractivity contribution in [1.29, 1.82) is 0 Å². The highest BCUT2D eigenvalue weighted by molar-refractivity contribution is 7.09. The summed E-state index contributed by atoms with van der Waals surface area (Å²) in [6.45, 7) is 4.87. The highest BCUT2D eigenvalue weighted by Gasteiger charge is 2.32. The first-order valence-electron chi connectivity index (χ1n) is 8.98. The van der Waals surface area contributed by atoms with Gasteiger partial charge in [0, 0.05) is 23.9 Å². The second kappa shape index (κ2) is 8.27. The lowest BCUT2D eigenvalue weighted by molar-refractivity contribution is -0.126. The van der Waals surface area contributed by atoms with Gasteiger partial charge in [0.25, 0.3) is 0 Å². The molecule has 2 fully saturated rings. The quantitative estimate of drug-likeness (QED) is 0.839. The number of nitrogens with two attached hydrogens (primary N) is 1. The zero-order chi connectivity index (χ0) is 16.1. The van der Waals surface area contributed by atoms with E-state index in [0.717, 1.165) is 45.4 Å². The molecule has 1 aromatic heterocycles. The van der Waals surface area contributed by atoms with Gasteiger partial charge in [-0.25, -0.2) is 0 Å². The summed E-state index contributed by atoms with van der Waals surface area (Å²) in [5.74, 6) is 1.46. The molecule has 2 heterocycles. The van der Waals surface area contributed by atoms with Gasteiger partial charge < -0.3 is 11.1 Å². The largest absolute Gasteiger partial charge is 0.356 e. The highest BCUT2D eigenvalue weighted by atomic mass is 32.1. The summed E-state index contributed by atoms with van der Waals surface area (Å²) in [5.41, 5.74) is 5.79. The minimum absolute atomic E-state index is 0.166. The Morgan fingerprint density at radius 1 is 1.30 bits per heavy atom. The minimum atomic E-state index is 0.166. The molecule has 0 unspecified atom stereocenters. The van der Waals surface area contributed by atoms with Gasteiger partial charge in [0.1, 0.15) is 0 Å². The fourth-order valence-electron chi connectivity index (χ4n) is 4.01. The summed E-state index contributed by atoms with van der Waals surface area (Å²) in [4.78, 5) is 16.3. The number of amides is 1. The Labute approximate surface area is 143 Å². The molecule has 1 saturated carbocycles. The molecule has 1 aliphatic carbocycles. The topological polar surface area (TPSA) is 58.4 Å². The molecule has 1 amide bonds. The SMILES string of the molecule is NC[C@H]1CCC[C@H]1C(=O)NCC1CCN(Cc2cccs2)CC1. The Balaban J connectivity index is 1.36. The molecule has 1 aromatic rings. The van der Waals surface area contributed by atoms with Gasteiger partial charge in [0.2, 0.25) is 5.91 Å². The van der Waals surface area contributed by atoms with Crippen molar-refractivity contribution in [1.82, 2.24) is 10.2 Å². The molecule has 128 valence electrons. The van der Waals surface area contributed by atoms with E-state index in [1.807, 2.05) is 11.3 Å². The molecule has 1 saturated heterocycles. The van der Waals surface area contributed by atoms with Gasteiger partial charge >= 0.3 is 0 Å². The second-order valence-corrected chi connectivity index (χ2v) is 8.11. The third-order valence-corrected chi connectivity index (χ3v) is 6.39. The predicted molar refractivity (Wildman–Crippen MR) is 95.2 cm³/mol. The molecule has 5 heteroatoms. The first-order valence-corrected chi connectivity index (χ1v) is 9.86. The third-order valence-electron chi connectivity index (χ3n) is 5.53. The minimum Gasteiger partial charge on any atom is -0.356 e. The van der Waals surface area contributed by atoms with Crippen molar-refractivity contribution in [3.05, 3.63) is 22.4 Å². The maximum Gasteiger partial charge on any atom is 0.223 e. The van der Waals surface area contributed by atoms with Crippen molar-refractivity contribution >= 4 is 17.2 Å². The lowest BCUT2D eigenvalue weighted by Crippen LogP contribution is -2.41. The summed E-state index contributed by atoms with van der Waals surface area (Å²) in [6.07, 6.45) is 5.68. The van der Waals surface area contributed by atoms with E-state index in [1.54, 1.807) is 0 Å². The lowest BCUT2D eigenvalue weighted by Gasteiger charge is -2.32. The van der Waals surface area contributed by atoms with E-state index in [2.05, 4.69) is 27.7 Å². The van der Waals surface area contributed by atoms with E-state index < -0.39 is 0 Å². The van der Waals surface area contributed by atoms with Crippen LogP contribution in [0.3, 0.4) is 0 Å². The molecule has 23 heavy (non-hydrogen) atoms. The van der Waals surface area contributed by atoms with Crippen LogP contribution in [-0.2, 0) is 11.3 Å². The first-order chi connectivity index (χ1) is 11.3. The maximum atomic E-state index is 12.4. The van der Waals surface area contributed by atoms with Crippen molar-refractivity contribution in [2.75, 3.05) is 26.2 Å². The van der Waals surface area contributed by atoms with Gasteiger partial charge in [-0.1, -0.05) is 12.5 Å². The van der Waals surface area contributed by atoms with Crippen LogP contribution in [0.2, 0.25) is 0 Å². The Morgan fingerprint density at radius 2 is 2.13 bits per heavy atom. The number of rotatable bonds is 6. The average Bonchev–Trinajstić information content (AvgIpc) is 3.25. The number of hydrogen-bond donors (Lipinski definition) is 2. The Bertz CT molecular complexity index is 482. The van der Waals surface area contributed by atoms with E-state index in [9.17, 15) is 4.79 Å². The van der Waals surface area contributed by atoms with Crippen LogP contribution in [0.15, 0.2) is 17.5 Å². The second-order valence-electron chi connectivity index (χ2n) is 7.08. The number of carbonyl (C=O) groups is 1. The van der Waals surface area contributed by atoms with E-state index >= 15 is 0 Å². The van der Waals surface area contributed by atoms with E-state index in [4.69, 9.17) is 5.73 Å². The van der Waals surface area contributed by atoms with Crippen molar-refractivity contribution in [2.24, 2.45) is 23.5 Å². The summed E-state index contributed by atoms with van der Waals surface area (Å²) < 4.78 is 0. The molecule has 1 aliphatic heterocycles. The van der Waals surface area contributed by atoms with E-state index in [1.165, 1.54) is 17.7 Å². The van der Waals surface area contributed by atoms with Crippen LogP contribution in [0.5, 0.6) is 0 Å². The number of thiophene rings is 1. The lowest BCUT2D eigenvalue weighted by atomic mass is 9.93. The zero-order valence-corrected chi connectivity index (χ0v) is 14.7. The fourth-order valence-corrected chi connectivity index (χ4v) is 4.76. The van der Waals surface area contributed by atoms with E-state index in [-0.39, 0.29) is 11.8 Å². The van der Waals surface area contributed by atoms with Crippen LogP contribution < -0.4 is 11.1 Å². The Morgan fingerprint density at radius 3 is 2.83 bits per heavy atom. The van der Waals surface area contributed by atoms with Crippen LogP contribution in [0.1, 0.15) is 37.0 Å². The molecule has 3 N–H and O–H groups in total. The monoisotopic (exact) mass is 335 g/mol. The number of likely N-dealkylation sites (tertiary alicyclic amines) is 1. The Hall–Kier alpha value is -0.910. The molecular weight excluding hydrogens is 306 g/mol. The van der Waals surface area contributed by atoms with Crippen LogP contribution in [0, 0.1) is 17.8 Å². The van der Waals surface area contributed by atoms with Gasteiger partial charge in [-0.15, -0.1) is 11.3 Å². The molecular formula is C18H29N3OS. The van der Waals surface area contributed by atoms with Crippen LogP contribution in [-0.4, -0.2) is 37.0 Å². The number of hydrogen-bond acceptors (Lipinski definition) is 4. The van der Waals surface area contributed by atoms with Crippen LogP contribution in [0.25, 0.3) is 0 Å². The standard InChI is InChI=1S/C18H29N3OS/c19-11-15-3-1-5-17(15)18(22)20-12-14-6-8-21(9-7-14)13-16-4-2-10-23-16/h2,4,10,14-15,17H,1,3,5-9,11-13,19H2,(H,20,22)/t15-,17-/m1/s1. The van der Waals surface area contributed by atoms with Gasteiger partial charge in [-0.05, 0) is 68.6 Å². The predicted octanol–water partition coefficient (Wildman–Crippen LogP) is 2.45. The average molecular weight is 336 g/mol. The number of nitrogens with zero attached hydrogens (tertiary/aromatic N) is 1. The smallest absolute Gasteiger partial charge is 0.223 e. The number of nitrogens with one attached hydrogen (secondary N) is 1. The van der Waals surface area contributed by atoms with Crippen LogP contribution in [0.4, 0.5) is 0 Å². The third kappa shape index (κ3) is 4.55. The molecule has 2 atom stereocenters. The molecule has 2 aliphatic rings. The molecule has 0 aromatic carbocycles. The van der Waals surface area contributed by atoms with Crippen molar-refractivity contribution in [2.45, 2.75) is 38.6 Å². The summed E-state index contributed by atoms with van der Waals surface area (Å²) in [6, 6.07) is 4.34. The van der Waals surface area contributed by atoms with Gasteiger partial charge in [-0.2, -0.15) is 0 Å². The summed E-state index contributed by atoms with van der Waals surface area (Å²) >= 11 is 1.84. The Kier molecular flexibility index (Phi) is 6.08. The first kappa shape index (κ1) is 16.9. The van der Waals surface area contributed by atoms with Crippen LogP contribution >= 0.6 is 11.3 Å². The molecule has 0 radical (unpaired) electrons. The van der Waals surface area contributed by atoms with Gasteiger partial charge in [0.15, 0.2) is 0 Å². The molecule has 0 bridgehead atoms. The van der Waals surface area contributed by atoms with Crippen molar-refractivity contribution in [3.63, 3.8) is 0 Å².